The van der Waals surface area contributed by atoms with Gasteiger partial charge in [0.15, 0.2) is 8.32 Å². The summed E-state index contributed by atoms with van der Waals surface area (Å²) in [6.07, 6.45) is 1.73. The molecule has 0 fully saturated rings. The topological polar surface area (TPSA) is 117 Å². The minimum absolute atomic E-state index is 0.0330. The number of amides is 1. The number of carbonyl (C=O) groups is 2. The highest BCUT2D eigenvalue weighted by Gasteiger charge is 2.38. The highest BCUT2D eigenvalue weighted by atomic mass is 28.4. The Balaban J connectivity index is 3.06. The predicted molar refractivity (Wildman–Crippen MR) is 129 cm³/mol. The minimum Gasteiger partial charge on any atom is -0.461 e. The molecular formula is C23H36N2O7Si. The van der Waals surface area contributed by atoms with E-state index in [2.05, 4.69) is 45.8 Å². The van der Waals surface area contributed by atoms with Crippen LogP contribution in [0.15, 0.2) is 36.9 Å². The number of esters is 1. The Morgan fingerprint density at radius 1 is 1.21 bits per heavy atom. The van der Waals surface area contributed by atoms with Crippen LogP contribution in [0.2, 0.25) is 18.1 Å². The summed E-state index contributed by atoms with van der Waals surface area (Å²) in [7, 11) is -0.632. The van der Waals surface area contributed by atoms with Crippen LogP contribution >= 0.6 is 0 Å². The molecule has 0 aliphatic rings. The Labute approximate surface area is 196 Å². The lowest BCUT2D eigenvalue weighted by atomic mass is 10.0. The van der Waals surface area contributed by atoms with Crippen LogP contribution in [0.1, 0.15) is 37.6 Å². The lowest BCUT2D eigenvalue weighted by molar-refractivity contribution is -0.384. The molecule has 2 atom stereocenters. The Morgan fingerprint density at radius 3 is 2.30 bits per heavy atom. The Hall–Kier alpha value is -2.56. The summed E-state index contributed by atoms with van der Waals surface area (Å²) < 4.78 is 16.7. The summed E-state index contributed by atoms with van der Waals surface area (Å²) in [4.78, 5) is 35.7. The van der Waals surface area contributed by atoms with E-state index in [1.807, 2.05) is 0 Å². The standard InChI is InChI=1S/C23H36N2O7Si/c1-8-13-31-22(27)18(15-30-5)14-19(16-32-33(6,7)23(2,3)4)24-21(26)17-9-11-20(12-10-17)25(28)29/h8-12,18-19H,1,13-16H2,2-7H3,(H,24,26). The molecule has 0 spiro atoms. The summed E-state index contributed by atoms with van der Waals surface area (Å²) in [5.41, 5.74) is 0.171. The van der Waals surface area contributed by atoms with Gasteiger partial charge in [0.25, 0.3) is 11.6 Å². The van der Waals surface area contributed by atoms with Crippen LogP contribution in [0.25, 0.3) is 0 Å². The number of nitro benzene ring substituents is 1. The number of hydrogen-bond acceptors (Lipinski definition) is 7. The highest BCUT2D eigenvalue weighted by Crippen LogP contribution is 2.36. The Morgan fingerprint density at radius 2 is 1.82 bits per heavy atom. The maximum atomic E-state index is 12.9. The van der Waals surface area contributed by atoms with Crippen molar-refractivity contribution in [3.63, 3.8) is 0 Å². The van der Waals surface area contributed by atoms with E-state index >= 15 is 0 Å². The van der Waals surface area contributed by atoms with E-state index in [-0.39, 0.29) is 42.5 Å². The molecule has 1 N–H and O–H groups in total. The van der Waals surface area contributed by atoms with Gasteiger partial charge < -0.3 is 19.2 Å². The lowest BCUT2D eigenvalue weighted by Crippen LogP contribution is -2.47. The number of non-ortho nitro benzene ring substituents is 1. The largest absolute Gasteiger partial charge is 0.461 e. The molecule has 33 heavy (non-hydrogen) atoms. The van der Waals surface area contributed by atoms with Crippen LogP contribution in [0.3, 0.4) is 0 Å². The molecule has 0 heterocycles. The minimum atomic E-state index is -2.12. The van der Waals surface area contributed by atoms with Crippen molar-refractivity contribution in [1.29, 1.82) is 0 Å². The van der Waals surface area contributed by atoms with Crippen LogP contribution in [0.5, 0.6) is 0 Å². The second-order valence-electron chi connectivity index (χ2n) is 9.35. The third-order valence-corrected chi connectivity index (χ3v) is 10.2. The molecule has 0 bridgehead atoms. The molecule has 0 aliphatic carbocycles. The summed E-state index contributed by atoms with van der Waals surface area (Å²) in [5, 5.41) is 13.8. The van der Waals surface area contributed by atoms with Gasteiger partial charge in [-0.1, -0.05) is 33.4 Å². The van der Waals surface area contributed by atoms with Gasteiger partial charge in [0.05, 0.1) is 30.1 Å². The van der Waals surface area contributed by atoms with Crippen molar-refractivity contribution in [2.45, 2.75) is 51.4 Å². The molecule has 184 valence electrons. The summed E-state index contributed by atoms with van der Waals surface area (Å²) >= 11 is 0. The number of ether oxygens (including phenoxy) is 2. The first kappa shape index (κ1) is 28.5. The number of hydrogen-bond donors (Lipinski definition) is 1. The molecule has 9 nitrogen and oxygen atoms in total. The average molecular weight is 481 g/mol. The maximum absolute atomic E-state index is 12.9. The summed E-state index contributed by atoms with van der Waals surface area (Å²) in [5.74, 6) is -1.47. The van der Waals surface area contributed by atoms with E-state index < -0.39 is 37.1 Å². The van der Waals surface area contributed by atoms with Gasteiger partial charge in [0.2, 0.25) is 0 Å². The van der Waals surface area contributed by atoms with Gasteiger partial charge in [-0.2, -0.15) is 0 Å². The number of methoxy groups -OCH3 is 1. The first-order valence-corrected chi connectivity index (χ1v) is 13.7. The smallest absolute Gasteiger partial charge is 0.311 e. The molecule has 10 heteroatoms. The van der Waals surface area contributed by atoms with Crippen molar-refractivity contribution < 1.29 is 28.4 Å². The number of nitrogens with zero attached hydrogens (tertiary/aromatic N) is 1. The molecule has 1 amide bonds. The van der Waals surface area contributed by atoms with E-state index in [0.717, 1.165) is 0 Å². The van der Waals surface area contributed by atoms with Crippen molar-refractivity contribution in [3.05, 3.63) is 52.6 Å². The second-order valence-corrected chi connectivity index (χ2v) is 14.2. The van der Waals surface area contributed by atoms with Crippen molar-refractivity contribution >= 4 is 25.9 Å². The molecule has 0 saturated carbocycles. The van der Waals surface area contributed by atoms with Crippen LogP contribution in [0, 0.1) is 16.0 Å². The molecular weight excluding hydrogens is 444 g/mol. The zero-order valence-corrected chi connectivity index (χ0v) is 21.4. The van der Waals surface area contributed by atoms with Gasteiger partial charge >= 0.3 is 5.97 Å². The molecule has 0 aliphatic heterocycles. The zero-order valence-electron chi connectivity index (χ0n) is 20.4. The first-order valence-electron chi connectivity index (χ1n) is 10.8. The van der Waals surface area contributed by atoms with Crippen LogP contribution in [-0.2, 0) is 18.7 Å². The van der Waals surface area contributed by atoms with E-state index in [9.17, 15) is 19.7 Å². The fourth-order valence-corrected chi connectivity index (χ4v) is 3.78. The summed E-state index contributed by atoms with van der Waals surface area (Å²) in [6.45, 7) is 14.5. The van der Waals surface area contributed by atoms with Crippen molar-refractivity contribution in [2.75, 3.05) is 26.9 Å². The number of rotatable bonds is 13. The number of benzene rings is 1. The lowest BCUT2D eigenvalue weighted by Gasteiger charge is -2.37. The van der Waals surface area contributed by atoms with Crippen LogP contribution in [0.4, 0.5) is 5.69 Å². The summed E-state index contributed by atoms with van der Waals surface area (Å²) in [6, 6.07) is 4.83. The molecule has 0 radical (unpaired) electrons. The highest BCUT2D eigenvalue weighted by molar-refractivity contribution is 6.74. The van der Waals surface area contributed by atoms with Gasteiger partial charge in [-0.05, 0) is 36.7 Å². The molecule has 1 rings (SSSR count). The molecule has 0 aromatic heterocycles. The van der Waals surface area contributed by atoms with Gasteiger partial charge in [0.1, 0.15) is 6.61 Å². The quantitative estimate of drug-likeness (QED) is 0.148. The van der Waals surface area contributed by atoms with Crippen LogP contribution in [-0.4, -0.2) is 58.1 Å². The van der Waals surface area contributed by atoms with Gasteiger partial charge in [-0.3, -0.25) is 19.7 Å². The van der Waals surface area contributed by atoms with E-state index in [1.165, 1.54) is 37.5 Å². The number of nitro groups is 1. The Bertz CT molecular complexity index is 819. The van der Waals surface area contributed by atoms with Crippen molar-refractivity contribution in [1.82, 2.24) is 5.32 Å². The fourth-order valence-electron chi connectivity index (χ4n) is 2.73. The molecule has 2 unspecified atom stereocenters. The van der Waals surface area contributed by atoms with Crippen molar-refractivity contribution in [2.24, 2.45) is 5.92 Å². The van der Waals surface area contributed by atoms with Gasteiger partial charge in [0, 0.05) is 24.8 Å². The average Bonchev–Trinajstić information content (AvgIpc) is 2.74. The maximum Gasteiger partial charge on any atom is 0.311 e. The van der Waals surface area contributed by atoms with Crippen LogP contribution < -0.4 is 5.32 Å². The third kappa shape index (κ3) is 9.07. The van der Waals surface area contributed by atoms with Crippen molar-refractivity contribution in [3.8, 4) is 0 Å². The second kappa shape index (κ2) is 12.6. The molecule has 1 aromatic rings. The third-order valence-electron chi connectivity index (χ3n) is 5.74. The van der Waals surface area contributed by atoms with Gasteiger partial charge in [-0.25, -0.2) is 0 Å². The van der Waals surface area contributed by atoms with Gasteiger partial charge in [-0.15, -0.1) is 0 Å². The van der Waals surface area contributed by atoms with E-state index in [4.69, 9.17) is 13.9 Å². The fraction of sp³-hybridized carbons (Fsp3) is 0.565. The van der Waals surface area contributed by atoms with E-state index in [0.29, 0.717) is 0 Å². The van der Waals surface area contributed by atoms with E-state index in [1.54, 1.807) is 0 Å². The number of nitrogens with one attached hydrogen (secondary N) is 1. The number of carbonyl (C=O) groups excluding carboxylic acids is 2. The zero-order chi connectivity index (χ0) is 25.2. The molecule has 0 saturated heterocycles. The molecule has 1 aromatic carbocycles. The Kier molecular flexibility index (Phi) is 10.9. The normalized spacial score (nSPS) is 13.6. The predicted octanol–water partition coefficient (Wildman–Crippen LogP) is 4.10. The monoisotopic (exact) mass is 480 g/mol. The SMILES string of the molecule is C=CCOC(=O)C(COC)CC(CO[Si](C)(C)C(C)(C)C)NC(=O)c1ccc([N+](=O)[O-])cc1. The first-order chi connectivity index (χ1) is 15.3.